The first-order valence-electron chi connectivity index (χ1n) is 7.02. The third-order valence-electron chi connectivity index (χ3n) is 2.84. The van der Waals surface area contributed by atoms with E-state index < -0.39 is 0 Å². The van der Waals surface area contributed by atoms with Crippen molar-refractivity contribution in [1.29, 1.82) is 0 Å². The number of carbonyl (C=O) groups is 1. The topological polar surface area (TPSA) is 44.4 Å². The van der Waals surface area contributed by atoms with Crippen LogP contribution in [-0.2, 0) is 4.79 Å². The zero-order valence-corrected chi connectivity index (χ0v) is 12.9. The lowest BCUT2D eigenvalue weighted by Gasteiger charge is -2.25. The van der Waals surface area contributed by atoms with Crippen molar-refractivity contribution in [3.05, 3.63) is 0 Å². The third kappa shape index (κ3) is 8.48. The Morgan fingerprint density at radius 1 is 1.22 bits per heavy atom. The van der Waals surface area contributed by atoms with Gasteiger partial charge in [-0.25, -0.2) is 0 Å². The van der Waals surface area contributed by atoms with Gasteiger partial charge in [-0.1, -0.05) is 27.7 Å². The average molecular weight is 257 g/mol. The van der Waals surface area contributed by atoms with Crippen LogP contribution < -0.4 is 10.6 Å². The largest absolute Gasteiger partial charge is 0.352 e. The Balaban J connectivity index is 4.24. The molecule has 0 aliphatic rings. The lowest BCUT2D eigenvalue weighted by Crippen LogP contribution is -2.46. The predicted molar refractivity (Wildman–Crippen MR) is 77.6 cm³/mol. The van der Waals surface area contributed by atoms with Gasteiger partial charge in [-0.3, -0.25) is 4.79 Å². The average Bonchev–Trinajstić information content (AvgIpc) is 2.23. The van der Waals surface area contributed by atoms with Crippen LogP contribution in [0.2, 0.25) is 0 Å². The van der Waals surface area contributed by atoms with Gasteiger partial charge in [-0.15, -0.1) is 0 Å². The highest BCUT2D eigenvalue weighted by molar-refractivity contribution is 5.78. The molecular weight excluding hydrogens is 226 g/mol. The van der Waals surface area contributed by atoms with E-state index in [0.717, 1.165) is 26.1 Å². The number of nitrogens with one attached hydrogen (secondary N) is 2. The van der Waals surface area contributed by atoms with Crippen LogP contribution in [0.1, 0.15) is 34.1 Å². The van der Waals surface area contributed by atoms with Crippen molar-refractivity contribution in [3.8, 4) is 0 Å². The van der Waals surface area contributed by atoms with Crippen molar-refractivity contribution in [2.24, 2.45) is 11.8 Å². The fraction of sp³-hybridized carbons (Fsp3) is 0.929. The number of nitrogens with zero attached hydrogens (tertiary/aromatic N) is 1. The molecule has 2 atom stereocenters. The van der Waals surface area contributed by atoms with Crippen molar-refractivity contribution in [3.63, 3.8) is 0 Å². The van der Waals surface area contributed by atoms with Gasteiger partial charge in [0.1, 0.15) is 0 Å². The van der Waals surface area contributed by atoms with Gasteiger partial charge in [0.2, 0.25) is 5.91 Å². The van der Waals surface area contributed by atoms with Gasteiger partial charge in [-0.05, 0) is 33.0 Å². The fourth-order valence-electron chi connectivity index (χ4n) is 1.99. The fourth-order valence-corrected chi connectivity index (χ4v) is 1.99. The summed E-state index contributed by atoms with van der Waals surface area (Å²) in [6, 6.07) is 0.247. The van der Waals surface area contributed by atoms with Crippen LogP contribution in [-0.4, -0.2) is 50.6 Å². The molecule has 0 radical (unpaired) electrons. The third-order valence-corrected chi connectivity index (χ3v) is 2.84. The van der Waals surface area contributed by atoms with E-state index in [4.69, 9.17) is 0 Å². The molecule has 0 heterocycles. The first-order chi connectivity index (χ1) is 8.36. The Morgan fingerprint density at radius 2 is 1.83 bits per heavy atom. The number of hydrogen-bond donors (Lipinski definition) is 2. The maximum atomic E-state index is 12.1. The van der Waals surface area contributed by atoms with E-state index in [2.05, 4.69) is 36.3 Å². The van der Waals surface area contributed by atoms with Gasteiger partial charge < -0.3 is 15.5 Å². The Kier molecular flexibility index (Phi) is 9.02. The Bertz CT molecular complexity index is 219. The molecule has 0 saturated carbocycles. The van der Waals surface area contributed by atoms with Crippen LogP contribution in [0.5, 0.6) is 0 Å². The molecule has 4 heteroatoms. The van der Waals surface area contributed by atoms with Gasteiger partial charge in [-0.2, -0.15) is 0 Å². The number of amides is 1. The molecule has 0 aromatic rings. The smallest absolute Gasteiger partial charge is 0.224 e. The lowest BCUT2D eigenvalue weighted by molar-refractivity contribution is -0.125. The van der Waals surface area contributed by atoms with E-state index >= 15 is 0 Å². The van der Waals surface area contributed by atoms with Crippen molar-refractivity contribution in [2.45, 2.75) is 40.2 Å². The maximum Gasteiger partial charge on any atom is 0.224 e. The molecule has 1 amide bonds. The van der Waals surface area contributed by atoms with E-state index in [1.807, 2.05) is 21.0 Å². The van der Waals surface area contributed by atoms with E-state index in [9.17, 15) is 4.79 Å². The zero-order valence-electron chi connectivity index (χ0n) is 12.9. The quantitative estimate of drug-likeness (QED) is 0.655. The highest BCUT2D eigenvalue weighted by Crippen LogP contribution is 2.06. The minimum Gasteiger partial charge on any atom is -0.352 e. The summed E-state index contributed by atoms with van der Waals surface area (Å²) in [4.78, 5) is 14.2. The zero-order chi connectivity index (χ0) is 14.1. The van der Waals surface area contributed by atoms with Gasteiger partial charge >= 0.3 is 0 Å². The van der Waals surface area contributed by atoms with Crippen molar-refractivity contribution >= 4 is 5.91 Å². The summed E-state index contributed by atoms with van der Waals surface area (Å²) in [6.45, 7) is 11.0. The van der Waals surface area contributed by atoms with Crippen LogP contribution in [0.15, 0.2) is 0 Å². The second-order valence-corrected chi connectivity index (χ2v) is 5.81. The summed E-state index contributed by atoms with van der Waals surface area (Å²) < 4.78 is 0. The molecule has 0 aromatic carbocycles. The normalized spacial score (nSPS) is 14.9. The Morgan fingerprint density at radius 3 is 2.28 bits per heavy atom. The molecule has 0 saturated heterocycles. The summed E-state index contributed by atoms with van der Waals surface area (Å²) in [5, 5.41) is 6.38. The monoisotopic (exact) mass is 257 g/mol. The van der Waals surface area contributed by atoms with Crippen LogP contribution in [0.25, 0.3) is 0 Å². The van der Waals surface area contributed by atoms with Crippen LogP contribution in [0, 0.1) is 11.8 Å². The highest BCUT2D eigenvalue weighted by atomic mass is 16.1. The molecule has 4 nitrogen and oxygen atoms in total. The summed E-state index contributed by atoms with van der Waals surface area (Å²) >= 11 is 0. The molecule has 2 N–H and O–H groups in total. The maximum absolute atomic E-state index is 12.1. The van der Waals surface area contributed by atoms with Gasteiger partial charge in [0.25, 0.3) is 0 Å². The Hall–Kier alpha value is -0.610. The van der Waals surface area contributed by atoms with Gasteiger partial charge in [0.05, 0.1) is 0 Å². The SMILES string of the molecule is CCNCC(C)C(=O)NC(CC(C)C)CN(C)C. The minimum atomic E-state index is 0.0294. The van der Waals surface area contributed by atoms with Crippen molar-refractivity contribution < 1.29 is 4.79 Å². The van der Waals surface area contributed by atoms with Crippen molar-refractivity contribution in [2.75, 3.05) is 33.7 Å². The highest BCUT2D eigenvalue weighted by Gasteiger charge is 2.18. The minimum absolute atomic E-state index is 0.0294. The van der Waals surface area contributed by atoms with E-state index in [1.54, 1.807) is 0 Å². The standard InChI is InChI=1S/C14H31N3O/c1-7-15-9-12(4)14(18)16-13(8-11(2)3)10-17(5)6/h11-13,15H,7-10H2,1-6H3,(H,16,18). The molecule has 18 heavy (non-hydrogen) atoms. The molecule has 0 fully saturated rings. The molecule has 2 unspecified atom stereocenters. The van der Waals surface area contributed by atoms with Gasteiger partial charge in [0, 0.05) is 25.0 Å². The van der Waals surface area contributed by atoms with E-state index in [-0.39, 0.29) is 17.9 Å². The predicted octanol–water partition coefficient (Wildman–Crippen LogP) is 1.32. The van der Waals surface area contributed by atoms with E-state index in [1.165, 1.54) is 0 Å². The van der Waals surface area contributed by atoms with E-state index in [0.29, 0.717) is 5.92 Å². The van der Waals surface area contributed by atoms with Crippen LogP contribution in [0.3, 0.4) is 0 Å². The number of likely N-dealkylation sites (N-methyl/N-ethyl adjacent to an activating group) is 1. The summed E-state index contributed by atoms with van der Waals surface area (Å²) in [6.07, 6.45) is 1.03. The molecule has 0 aliphatic carbocycles. The molecular formula is C14H31N3O. The molecule has 0 rings (SSSR count). The summed E-state index contributed by atoms with van der Waals surface area (Å²) in [5.74, 6) is 0.782. The first kappa shape index (κ1) is 17.4. The molecule has 0 aromatic heterocycles. The molecule has 0 aliphatic heterocycles. The molecule has 108 valence electrons. The van der Waals surface area contributed by atoms with Gasteiger partial charge in [0.15, 0.2) is 0 Å². The molecule has 0 bridgehead atoms. The molecule has 0 spiro atoms. The summed E-state index contributed by atoms with van der Waals surface area (Å²) in [7, 11) is 4.09. The number of carbonyl (C=O) groups excluding carboxylic acids is 1. The van der Waals surface area contributed by atoms with Crippen molar-refractivity contribution in [1.82, 2.24) is 15.5 Å². The van der Waals surface area contributed by atoms with Crippen LogP contribution >= 0.6 is 0 Å². The number of hydrogen-bond acceptors (Lipinski definition) is 3. The lowest BCUT2D eigenvalue weighted by atomic mass is 10.0. The summed E-state index contributed by atoms with van der Waals surface area (Å²) in [5.41, 5.74) is 0. The second kappa shape index (κ2) is 9.34. The Labute approximate surface area is 113 Å². The number of rotatable bonds is 9. The second-order valence-electron chi connectivity index (χ2n) is 5.81. The van der Waals surface area contributed by atoms with Crippen LogP contribution in [0.4, 0.5) is 0 Å². The first-order valence-corrected chi connectivity index (χ1v) is 7.02.